The number of aliphatic imine (C=N–C) groups is 2. The number of hydrogen-bond donors (Lipinski definition) is 4. The Morgan fingerprint density at radius 3 is 2.40 bits per heavy atom. The smallest absolute Gasteiger partial charge is 0.241 e. The van der Waals surface area contributed by atoms with E-state index in [4.69, 9.17) is 11.5 Å². The monoisotopic (exact) mass is 214 g/mol. The number of likely N-dealkylation sites (N-methyl/N-ethyl adjacent to an activating group) is 1. The van der Waals surface area contributed by atoms with Gasteiger partial charge in [0.1, 0.15) is 6.54 Å². The Labute approximate surface area is 89.0 Å². The maximum absolute atomic E-state index is 10.8. The highest BCUT2D eigenvalue weighted by molar-refractivity contribution is 5.97. The molecule has 0 heterocycles. The minimum atomic E-state index is -0.219. The average molecular weight is 214 g/mol. The molecule has 0 aliphatic carbocycles. The van der Waals surface area contributed by atoms with Crippen LogP contribution >= 0.6 is 0 Å². The maximum atomic E-state index is 10.8. The molecule has 0 fully saturated rings. The van der Waals surface area contributed by atoms with Crippen molar-refractivity contribution in [3.63, 3.8) is 0 Å². The van der Waals surface area contributed by atoms with E-state index >= 15 is 0 Å². The van der Waals surface area contributed by atoms with E-state index in [1.807, 2.05) is 6.92 Å². The van der Waals surface area contributed by atoms with Crippen molar-refractivity contribution in [2.45, 2.75) is 13.3 Å². The van der Waals surface area contributed by atoms with Crippen LogP contribution in [-0.2, 0) is 4.79 Å². The van der Waals surface area contributed by atoms with E-state index in [-0.39, 0.29) is 24.4 Å². The summed E-state index contributed by atoms with van der Waals surface area (Å²) in [5.41, 5.74) is 10.9. The molecule has 0 aliphatic heterocycles. The quantitative estimate of drug-likeness (QED) is 0.331. The summed E-state index contributed by atoms with van der Waals surface area (Å²) in [4.78, 5) is 18.5. The van der Waals surface area contributed by atoms with Crippen molar-refractivity contribution in [3.05, 3.63) is 0 Å². The number of carbonyl (C=O) groups is 1. The molecule has 1 amide bonds. The van der Waals surface area contributed by atoms with Crippen molar-refractivity contribution in [2.24, 2.45) is 21.5 Å². The highest BCUT2D eigenvalue weighted by atomic mass is 16.1. The Morgan fingerprint density at radius 2 is 1.87 bits per heavy atom. The highest BCUT2D eigenvalue weighted by Crippen LogP contribution is 1.76. The molecule has 0 atom stereocenters. The zero-order chi connectivity index (χ0) is 11.7. The van der Waals surface area contributed by atoms with Crippen molar-refractivity contribution in [1.29, 1.82) is 0 Å². The molecule has 0 saturated heterocycles. The SMILES string of the molecule is CCCN=C(N)NC(N)=NCC(=O)NC. The minimum absolute atomic E-state index is 0.0314. The van der Waals surface area contributed by atoms with Gasteiger partial charge < -0.3 is 16.8 Å². The molecule has 0 aromatic rings. The van der Waals surface area contributed by atoms with Crippen molar-refractivity contribution >= 4 is 17.8 Å². The van der Waals surface area contributed by atoms with Gasteiger partial charge >= 0.3 is 0 Å². The third kappa shape index (κ3) is 7.29. The molecule has 0 spiro atoms. The van der Waals surface area contributed by atoms with Crippen LogP contribution in [0, 0.1) is 0 Å². The summed E-state index contributed by atoms with van der Waals surface area (Å²) in [6.07, 6.45) is 0.900. The van der Waals surface area contributed by atoms with Crippen molar-refractivity contribution in [2.75, 3.05) is 20.1 Å². The van der Waals surface area contributed by atoms with Crippen LogP contribution < -0.4 is 22.1 Å². The van der Waals surface area contributed by atoms with Gasteiger partial charge in [0.25, 0.3) is 0 Å². The van der Waals surface area contributed by atoms with Gasteiger partial charge in [0.2, 0.25) is 5.91 Å². The topological polar surface area (TPSA) is 118 Å². The van der Waals surface area contributed by atoms with Crippen LogP contribution in [0.2, 0.25) is 0 Å². The fourth-order valence-electron chi connectivity index (χ4n) is 0.679. The molecule has 86 valence electrons. The number of amides is 1. The van der Waals surface area contributed by atoms with Gasteiger partial charge in [0.05, 0.1) is 0 Å². The Bertz CT molecular complexity index is 260. The summed E-state index contributed by atoms with van der Waals surface area (Å²) < 4.78 is 0. The van der Waals surface area contributed by atoms with E-state index in [0.29, 0.717) is 6.54 Å². The summed E-state index contributed by atoms with van der Waals surface area (Å²) >= 11 is 0. The second-order valence-electron chi connectivity index (χ2n) is 2.77. The van der Waals surface area contributed by atoms with E-state index in [2.05, 4.69) is 20.6 Å². The van der Waals surface area contributed by atoms with Crippen LogP contribution in [0.4, 0.5) is 0 Å². The van der Waals surface area contributed by atoms with Gasteiger partial charge in [0.15, 0.2) is 11.9 Å². The minimum Gasteiger partial charge on any atom is -0.370 e. The Kier molecular flexibility index (Phi) is 6.69. The third-order valence-corrected chi connectivity index (χ3v) is 1.43. The Balaban J connectivity index is 4.00. The molecule has 0 aromatic carbocycles. The number of nitrogens with zero attached hydrogens (tertiary/aromatic N) is 2. The van der Waals surface area contributed by atoms with Gasteiger partial charge in [0, 0.05) is 13.6 Å². The average Bonchev–Trinajstić information content (AvgIpc) is 2.22. The molecule has 7 nitrogen and oxygen atoms in total. The molecule has 15 heavy (non-hydrogen) atoms. The normalized spacial score (nSPS) is 12.4. The third-order valence-electron chi connectivity index (χ3n) is 1.43. The van der Waals surface area contributed by atoms with Crippen LogP contribution in [0.15, 0.2) is 9.98 Å². The lowest BCUT2D eigenvalue weighted by Gasteiger charge is -2.03. The fourth-order valence-corrected chi connectivity index (χ4v) is 0.679. The molecule has 0 unspecified atom stereocenters. The summed E-state index contributed by atoms with van der Waals surface area (Å²) in [6.45, 7) is 2.58. The van der Waals surface area contributed by atoms with E-state index in [1.165, 1.54) is 7.05 Å². The standard InChI is InChI=1S/C8H18N6O/c1-3-4-12-7(9)14-8(10)13-5-6(15)11-2/h3-5H2,1-2H3,(H,11,15)(H5,9,10,12,13,14). The zero-order valence-electron chi connectivity index (χ0n) is 9.08. The number of nitrogens with one attached hydrogen (secondary N) is 2. The van der Waals surface area contributed by atoms with E-state index < -0.39 is 0 Å². The van der Waals surface area contributed by atoms with Gasteiger partial charge in [-0.25, -0.2) is 4.99 Å². The van der Waals surface area contributed by atoms with Crippen molar-refractivity contribution in [3.8, 4) is 0 Å². The van der Waals surface area contributed by atoms with Gasteiger partial charge in [-0.3, -0.25) is 15.1 Å². The molecule has 0 aliphatic rings. The molecule has 6 N–H and O–H groups in total. The summed E-state index contributed by atoms with van der Waals surface area (Å²) in [7, 11) is 1.53. The molecule has 0 bridgehead atoms. The molecule has 0 rings (SSSR count). The van der Waals surface area contributed by atoms with Gasteiger partial charge in [-0.2, -0.15) is 0 Å². The van der Waals surface area contributed by atoms with Crippen LogP contribution in [0.25, 0.3) is 0 Å². The Morgan fingerprint density at radius 1 is 1.27 bits per heavy atom. The van der Waals surface area contributed by atoms with E-state index in [1.54, 1.807) is 0 Å². The van der Waals surface area contributed by atoms with Gasteiger partial charge in [-0.1, -0.05) is 6.92 Å². The molecule has 0 radical (unpaired) electrons. The number of carbonyl (C=O) groups excluding carboxylic acids is 1. The van der Waals surface area contributed by atoms with Crippen LogP contribution in [-0.4, -0.2) is 38.0 Å². The van der Waals surface area contributed by atoms with E-state index in [0.717, 1.165) is 6.42 Å². The molecular weight excluding hydrogens is 196 g/mol. The largest absolute Gasteiger partial charge is 0.370 e. The lowest BCUT2D eigenvalue weighted by Crippen LogP contribution is -2.42. The summed E-state index contributed by atoms with van der Waals surface area (Å²) in [5, 5.41) is 4.99. The first kappa shape index (κ1) is 13.2. The molecular formula is C8H18N6O. The first-order chi connectivity index (χ1) is 7.10. The number of nitrogens with two attached hydrogens (primary N) is 2. The molecule has 0 aromatic heterocycles. The van der Waals surface area contributed by atoms with Crippen molar-refractivity contribution in [1.82, 2.24) is 10.6 Å². The fraction of sp³-hybridized carbons (Fsp3) is 0.625. The van der Waals surface area contributed by atoms with Crippen LogP contribution in [0.5, 0.6) is 0 Å². The second-order valence-corrected chi connectivity index (χ2v) is 2.77. The van der Waals surface area contributed by atoms with Crippen LogP contribution in [0.1, 0.15) is 13.3 Å². The molecule has 7 heteroatoms. The number of rotatable bonds is 4. The van der Waals surface area contributed by atoms with Gasteiger partial charge in [-0.05, 0) is 6.42 Å². The summed E-state index contributed by atoms with van der Waals surface area (Å²) in [5.74, 6) is 0.0646. The predicted octanol–water partition coefficient (Wildman–Crippen LogP) is -1.64. The second kappa shape index (κ2) is 7.60. The Hall–Kier alpha value is -1.79. The number of hydrogen-bond acceptors (Lipinski definition) is 3. The van der Waals surface area contributed by atoms with Crippen LogP contribution in [0.3, 0.4) is 0 Å². The maximum Gasteiger partial charge on any atom is 0.241 e. The summed E-state index contributed by atoms with van der Waals surface area (Å²) in [6, 6.07) is 0. The zero-order valence-corrected chi connectivity index (χ0v) is 9.08. The predicted molar refractivity (Wildman–Crippen MR) is 60.5 cm³/mol. The highest BCUT2D eigenvalue weighted by Gasteiger charge is 1.97. The molecule has 0 saturated carbocycles. The van der Waals surface area contributed by atoms with Crippen molar-refractivity contribution < 1.29 is 4.79 Å². The lowest BCUT2D eigenvalue weighted by atomic mass is 10.5. The first-order valence-corrected chi connectivity index (χ1v) is 4.67. The first-order valence-electron chi connectivity index (χ1n) is 4.67. The number of guanidine groups is 2. The van der Waals surface area contributed by atoms with Gasteiger partial charge in [-0.15, -0.1) is 0 Å². The van der Waals surface area contributed by atoms with E-state index in [9.17, 15) is 4.79 Å². The lowest BCUT2D eigenvalue weighted by molar-refractivity contribution is -0.119.